The highest BCUT2D eigenvalue weighted by Crippen LogP contribution is 2.25. The molecule has 0 unspecified atom stereocenters. The monoisotopic (exact) mass is 475 g/mol. The number of anilines is 1. The average molecular weight is 476 g/mol. The van der Waals surface area contributed by atoms with E-state index in [1.54, 1.807) is 4.57 Å². The van der Waals surface area contributed by atoms with Crippen molar-refractivity contribution in [1.82, 2.24) is 19.2 Å². The third kappa shape index (κ3) is 4.17. The zero-order valence-electron chi connectivity index (χ0n) is 18.1. The third-order valence-corrected chi connectivity index (χ3v) is 7.17. The molecule has 9 heteroatoms. The van der Waals surface area contributed by atoms with Crippen molar-refractivity contribution < 1.29 is 4.79 Å². The van der Waals surface area contributed by atoms with Gasteiger partial charge in [-0.25, -0.2) is 0 Å². The first kappa shape index (κ1) is 21.4. The Bertz CT molecular complexity index is 1540. The third-order valence-electron chi connectivity index (χ3n) is 5.35. The van der Waals surface area contributed by atoms with E-state index in [-0.39, 0.29) is 17.2 Å². The number of hydrogen-bond acceptors (Lipinski definition) is 6. The summed E-state index contributed by atoms with van der Waals surface area (Å²) >= 11 is 2.69. The minimum absolute atomic E-state index is 0.0899. The molecule has 5 aromatic rings. The highest BCUT2D eigenvalue weighted by Gasteiger charge is 2.19. The first-order chi connectivity index (χ1) is 16.0. The first-order valence-corrected chi connectivity index (χ1v) is 12.3. The standard InChI is InChI=1S/C24H21N5O2S2/c1-15-8-9-18(16(2)12-15)25-20(30)14-33-24-27-26-23-28(13-17-6-4-3-5-7-17)22(31)21-19(29(23)24)10-11-32-21/h3-12H,13-14H2,1-2H3,(H,25,30). The van der Waals surface area contributed by atoms with Crippen LogP contribution < -0.4 is 10.9 Å². The van der Waals surface area contributed by atoms with Crippen molar-refractivity contribution in [2.75, 3.05) is 11.1 Å². The maximum atomic E-state index is 13.2. The van der Waals surface area contributed by atoms with Gasteiger partial charge in [-0.1, -0.05) is 59.8 Å². The summed E-state index contributed by atoms with van der Waals surface area (Å²) in [5, 5.41) is 14.1. The predicted molar refractivity (Wildman–Crippen MR) is 133 cm³/mol. The summed E-state index contributed by atoms with van der Waals surface area (Å²) in [6, 6.07) is 17.6. The number of nitrogens with zero attached hydrogens (tertiary/aromatic N) is 4. The molecule has 0 saturated carbocycles. The van der Waals surface area contributed by atoms with E-state index in [9.17, 15) is 9.59 Å². The normalized spacial score (nSPS) is 11.3. The topological polar surface area (TPSA) is 81.3 Å². The molecule has 5 rings (SSSR count). The van der Waals surface area contributed by atoms with Crippen LogP contribution in [0, 0.1) is 13.8 Å². The molecule has 0 atom stereocenters. The van der Waals surface area contributed by atoms with Crippen molar-refractivity contribution in [3.63, 3.8) is 0 Å². The Balaban J connectivity index is 1.46. The van der Waals surface area contributed by atoms with Crippen molar-refractivity contribution in [3.05, 3.63) is 87.0 Å². The summed E-state index contributed by atoms with van der Waals surface area (Å²) in [4.78, 5) is 25.8. The molecule has 0 aliphatic rings. The molecule has 2 aromatic carbocycles. The van der Waals surface area contributed by atoms with Crippen LogP contribution in [0.4, 0.5) is 5.69 Å². The number of benzene rings is 2. The zero-order valence-corrected chi connectivity index (χ0v) is 19.7. The highest BCUT2D eigenvalue weighted by atomic mass is 32.2. The number of nitrogens with one attached hydrogen (secondary N) is 1. The molecule has 33 heavy (non-hydrogen) atoms. The van der Waals surface area contributed by atoms with Gasteiger partial charge in [-0.3, -0.25) is 18.6 Å². The molecule has 1 amide bonds. The number of carbonyl (C=O) groups is 1. The van der Waals surface area contributed by atoms with Crippen LogP contribution in [0.25, 0.3) is 16.0 Å². The average Bonchev–Trinajstić information content (AvgIpc) is 3.45. The summed E-state index contributed by atoms with van der Waals surface area (Å²) < 4.78 is 4.14. The van der Waals surface area contributed by atoms with E-state index >= 15 is 0 Å². The van der Waals surface area contributed by atoms with Crippen LogP contribution in [0.15, 0.2) is 69.9 Å². The van der Waals surface area contributed by atoms with Gasteiger partial charge in [-0.05, 0) is 42.5 Å². The van der Waals surface area contributed by atoms with E-state index in [0.717, 1.165) is 27.9 Å². The smallest absolute Gasteiger partial charge is 0.273 e. The second kappa shape index (κ2) is 8.84. The number of aryl methyl sites for hydroxylation is 2. The van der Waals surface area contributed by atoms with E-state index in [1.165, 1.54) is 23.1 Å². The van der Waals surface area contributed by atoms with Crippen molar-refractivity contribution >= 4 is 50.7 Å². The van der Waals surface area contributed by atoms with Crippen molar-refractivity contribution in [1.29, 1.82) is 0 Å². The number of aromatic nitrogens is 4. The molecule has 0 saturated heterocycles. The second-order valence-corrected chi connectivity index (χ2v) is 9.64. The zero-order chi connectivity index (χ0) is 22.9. The summed E-state index contributed by atoms with van der Waals surface area (Å²) in [6.07, 6.45) is 0. The Morgan fingerprint density at radius 2 is 1.91 bits per heavy atom. The quantitative estimate of drug-likeness (QED) is 0.366. The molecule has 3 heterocycles. The fourth-order valence-corrected chi connectivity index (χ4v) is 5.34. The molecular formula is C24H21N5O2S2. The van der Waals surface area contributed by atoms with E-state index in [4.69, 9.17) is 0 Å². The number of thiophene rings is 1. The molecule has 1 N–H and O–H groups in total. The number of fused-ring (bicyclic) bond motifs is 3. The van der Waals surface area contributed by atoms with Gasteiger partial charge in [0.2, 0.25) is 11.7 Å². The minimum atomic E-state index is -0.122. The molecular weight excluding hydrogens is 454 g/mol. The molecule has 3 aromatic heterocycles. The van der Waals surface area contributed by atoms with Gasteiger partial charge in [0.05, 0.1) is 17.8 Å². The van der Waals surface area contributed by atoms with Crippen LogP contribution in [0.5, 0.6) is 0 Å². The van der Waals surface area contributed by atoms with Crippen LogP contribution in [-0.4, -0.2) is 30.8 Å². The van der Waals surface area contributed by atoms with Crippen molar-refractivity contribution in [3.8, 4) is 0 Å². The molecule has 7 nitrogen and oxygen atoms in total. The van der Waals surface area contributed by atoms with Crippen LogP contribution in [0.1, 0.15) is 16.7 Å². The molecule has 0 radical (unpaired) electrons. The summed E-state index contributed by atoms with van der Waals surface area (Å²) in [7, 11) is 0. The number of rotatable bonds is 6. The molecule has 0 spiro atoms. The predicted octanol–water partition coefficient (Wildman–Crippen LogP) is 4.50. The van der Waals surface area contributed by atoms with Gasteiger partial charge in [-0.2, -0.15) is 0 Å². The van der Waals surface area contributed by atoms with Crippen LogP contribution in [0.3, 0.4) is 0 Å². The largest absolute Gasteiger partial charge is 0.325 e. The first-order valence-electron chi connectivity index (χ1n) is 10.4. The van der Waals surface area contributed by atoms with E-state index in [2.05, 4.69) is 15.5 Å². The molecule has 0 aliphatic carbocycles. The molecule has 166 valence electrons. The van der Waals surface area contributed by atoms with Crippen LogP contribution in [0.2, 0.25) is 0 Å². The van der Waals surface area contributed by atoms with Gasteiger partial charge in [0, 0.05) is 5.69 Å². The Morgan fingerprint density at radius 3 is 2.70 bits per heavy atom. The van der Waals surface area contributed by atoms with Gasteiger partial charge < -0.3 is 5.32 Å². The maximum Gasteiger partial charge on any atom is 0.273 e. The minimum Gasteiger partial charge on any atom is -0.325 e. The lowest BCUT2D eigenvalue weighted by Crippen LogP contribution is -2.23. The van der Waals surface area contributed by atoms with Crippen LogP contribution >= 0.6 is 23.1 Å². The lowest BCUT2D eigenvalue weighted by Gasteiger charge is -2.10. The summed E-state index contributed by atoms with van der Waals surface area (Å²) in [5.41, 5.74) is 4.64. The van der Waals surface area contributed by atoms with Gasteiger partial charge in [0.15, 0.2) is 5.16 Å². The Morgan fingerprint density at radius 1 is 1.09 bits per heavy atom. The molecule has 0 aliphatic heterocycles. The van der Waals surface area contributed by atoms with Crippen LogP contribution in [-0.2, 0) is 11.3 Å². The fourth-order valence-electron chi connectivity index (χ4n) is 3.77. The number of amides is 1. The lowest BCUT2D eigenvalue weighted by molar-refractivity contribution is -0.113. The van der Waals surface area contributed by atoms with E-state index in [0.29, 0.717) is 22.2 Å². The van der Waals surface area contributed by atoms with Gasteiger partial charge in [0.1, 0.15) is 4.70 Å². The Labute approximate surface area is 198 Å². The van der Waals surface area contributed by atoms with Gasteiger partial charge in [0.25, 0.3) is 5.56 Å². The summed E-state index contributed by atoms with van der Waals surface area (Å²) in [6.45, 7) is 4.39. The molecule has 0 fully saturated rings. The van der Waals surface area contributed by atoms with Crippen molar-refractivity contribution in [2.24, 2.45) is 0 Å². The van der Waals surface area contributed by atoms with E-state index in [1.807, 2.05) is 78.2 Å². The second-order valence-electron chi connectivity index (χ2n) is 7.79. The van der Waals surface area contributed by atoms with Gasteiger partial charge in [-0.15, -0.1) is 21.5 Å². The maximum absolute atomic E-state index is 13.2. The number of hydrogen-bond donors (Lipinski definition) is 1. The number of carbonyl (C=O) groups excluding carboxylic acids is 1. The Kier molecular flexibility index (Phi) is 5.74. The molecule has 0 bridgehead atoms. The highest BCUT2D eigenvalue weighted by molar-refractivity contribution is 7.99. The van der Waals surface area contributed by atoms with E-state index < -0.39 is 0 Å². The van der Waals surface area contributed by atoms with Crippen molar-refractivity contribution in [2.45, 2.75) is 25.5 Å². The Hall–Kier alpha value is -3.43. The SMILES string of the molecule is Cc1ccc(NC(=O)CSc2nnc3n(Cc4ccccc4)c(=O)c4sccc4n23)c(C)c1. The van der Waals surface area contributed by atoms with Gasteiger partial charge >= 0.3 is 0 Å². The fraction of sp³-hybridized carbons (Fsp3) is 0.167. The lowest BCUT2D eigenvalue weighted by atomic mass is 10.1. The number of thioether (sulfide) groups is 1. The summed E-state index contributed by atoms with van der Waals surface area (Å²) in [5.74, 6) is 0.521.